The van der Waals surface area contributed by atoms with E-state index in [0.29, 0.717) is 5.92 Å². The molecule has 0 radical (unpaired) electrons. The summed E-state index contributed by atoms with van der Waals surface area (Å²) in [5.41, 5.74) is 6.82. The van der Waals surface area contributed by atoms with Gasteiger partial charge in [0.05, 0.1) is 5.54 Å². The summed E-state index contributed by atoms with van der Waals surface area (Å²) in [7, 11) is 1.90. The van der Waals surface area contributed by atoms with Crippen molar-refractivity contribution in [2.75, 3.05) is 26.7 Å². The first kappa shape index (κ1) is 14.5. The molecule has 1 amide bonds. The van der Waals surface area contributed by atoms with Crippen LogP contribution in [0.2, 0.25) is 0 Å². The molecule has 2 fully saturated rings. The van der Waals surface area contributed by atoms with Gasteiger partial charge in [0.2, 0.25) is 5.91 Å². The van der Waals surface area contributed by atoms with Crippen LogP contribution in [0.5, 0.6) is 0 Å². The molecule has 4 heteroatoms. The molecular weight excluding hydrogens is 262 g/mol. The lowest BCUT2D eigenvalue weighted by Crippen LogP contribution is -2.45. The van der Waals surface area contributed by atoms with Gasteiger partial charge in [0.1, 0.15) is 0 Å². The molecule has 1 saturated carbocycles. The van der Waals surface area contributed by atoms with Crippen LogP contribution in [-0.2, 0) is 11.3 Å². The van der Waals surface area contributed by atoms with Gasteiger partial charge in [-0.25, -0.2) is 0 Å². The molecule has 1 unspecified atom stereocenters. The lowest BCUT2D eigenvalue weighted by Gasteiger charge is -2.24. The highest BCUT2D eigenvalue weighted by Gasteiger charge is 2.47. The third-order valence-electron chi connectivity index (χ3n) is 4.71. The van der Waals surface area contributed by atoms with Crippen LogP contribution >= 0.6 is 0 Å². The van der Waals surface area contributed by atoms with Crippen LogP contribution < -0.4 is 5.73 Å². The molecule has 0 spiro atoms. The standard InChI is InChI=1S/C17H25N3O/c1-19(16(21)17(18)8-9-17)11-15-7-10-20(13-15)12-14-5-3-2-4-6-14/h2-6,15H,7-13,18H2,1H3. The van der Waals surface area contributed by atoms with E-state index in [4.69, 9.17) is 5.73 Å². The van der Waals surface area contributed by atoms with E-state index in [1.165, 1.54) is 12.0 Å². The second-order valence-corrected chi connectivity index (χ2v) is 6.72. The molecule has 2 aliphatic rings. The Balaban J connectivity index is 1.47. The number of amides is 1. The molecule has 1 atom stereocenters. The van der Waals surface area contributed by atoms with E-state index in [0.717, 1.165) is 39.0 Å². The molecule has 1 heterocycles. The summed E-state index contributed by atoms with van der Waals surface area (Å²) < 4.78 is 0. The second-order valence-electron chi connectivity index (χ2n) is 6.72. The van der Waals surface area contributed by atoms with Crippen LogP contribution in [0.25, 0.3) is 0 Å². The smallest absolute Gasteiger partial charge is 0.242 e. The van der Waals surface area contributed by atoms with Crippen molar-refractivity contribution in [1.82, 2.24) is 9.80 Å². The van der Waals surface area contributed by atoms with Gasteiger partial charge in [-0.2, -0.15) is 0 Å². The van der Waals surface area contributed by atoms with Gasteiger partial charge in [-0.15, -0.1) is 0 Å². The van der Waals surface area contributed by atoms with E-state index >= 15 is 0 Å². The Labute approximate surface area is 126 Å². The predicted molar refractivity (Wildman–Crippen MR) is 83.6 cm³/mol. The van der Waals surface area contributed by atoms with Crippen molar-refractivity contribution in [3.63, 3.8) is 0 Å². The minimum absolute atomic E-state index is 0.129. The number of carbonyl (C=O) groups is 1. The first-order valence-corrected chi connectivity index (χ1v) is 7.87. The predicted octanol–water partition coefficient (Wildman–Crippen LogP) is 1.46. The van der Waals surface area contributed by atoms with Crippen LogP contribution in [0.1, 0.15) is 24.8 Å². The Morgan fingerprint density at radius 1 is 1.38 bits per heavy atom. The fraction of sp³-hybridized carbons (Fsp3) is 0.588. The van der Waals surface area contributed by atoms with Crippen LogP contribution in [-0.4, -0.2) is 47.9 Å². The zero-order valence-corrected chi connectivity index (χ0v) is 12.8. The molecule has 1 aromatic carbocycles. The first-order chi connectivity index (χ1) is 10.1. The Morgan fingerprint density at radius 2 is 2.10 bits per heavy atom. The molecule has 1 aliphatic carbocycles. The van der Waals surface area contributed by atoms with E-state index in [9.17, 15) is 4.79 Å². The number of likely N-dealkylation sites (tertiary alicyclic amines) is 1. The molecule has 0 bridgehead atoms. The molecular formula is C17H25N3O. The normalized spacial score (nSPS) is 24.0. The minimum atomic E-state index is -0.531. The molecule has 2 N–H and O–H groups in total. The lowest BCUT2D eigenvalue weighted by molar-refractivity contribution is -0.132. The quantitative estimate of drug-likeness (QED) is 0.892. The van der Waals surface area contributed by atoms with Gasteiger partial charge in [0.25, 0.3) is 0 Å². The van der Waals surface area contributed by atoms with Crippen molar-refractivity contribution < 1.29 is 4.79 Å². The van der Waals surface area contributed by atoms with E-state index in [1.54, 1.807) is 0 Å². The van der Waals surface area contributed by atoms with Gasteiger partial charge in [-0.3, -0.25) is 9.69 Å². The fourth-order valence-corrected chi connectivity index (χ4v) is 3.25. The SMILES string of the molecule is CN(CC1CCN(Cc2ccccc2)C1)C(=O)C1(N)CC1. The topological polar surface area (TPSA) is 49.6 Å². The summed E-state index contributed by atoms with van der Waals surface area (Å²) in [6.45, 7) is 4.04. The molecule has 1 saturated heterocycles. The Kier molecular flexibility index (Phi) is 4.00. The number of rotatable bonds is 5. The largest absolute Gasteiger partial charge is 0.344 e. The Hall–Kier alpha value is -1.39. The summed E-state index contributed by atoms with van der Waals surface area (Å²) in [5.74, 6) is 0.703. The highest BCUT2D eigenvalue weighted by Crippen LogP contribution is 2.34. The van der Waals surface area contributed by atoms with Gasteiger partial charge in [-0.05, 0) is 37.3 Å². The fourth-order valence-electron chi connectivity index (χ4n) is 3.25. The van der Waals surface area contributed by atoms with Crippen LogP contribution in [0, 0.1) is 5.92 Å². The van der Waals surface area contributed by atoms with Gasteiger partial charge >= 0.3 is 0 Å². The van der Waals surface area contributed by atoms with Crippen LogP contribution in [0.3, 0.4) is 0 Å². The molecule has 21 heavy (non-hydrogen) atoms. The minimum Gasteiger partial charge on any atom is -0.344 e. The van der Waals surface area contributed by atoms with Crippen molar-refractivity contribution >= 4 is 5.91 Å². The van der Waals surface area contributed by atoms with Gasteiger partial charge in [0, 0.05) is 26.7 Å². The molecule has 3 rings (SSSR count). The van der Waals surface area contributed by atoms with Crippen LogP contribution in [0.15, 0.2) is 30.3 Å². The maximum Gasteiger partial charge on any atom is 0.242 e. The second kappa shape index (κ2) is 5.78. The third-order valence-corrected chi connectivity index (χ3v) is 4.71. The average molecular weight is 287 g/mol. The number of carbonyl (C=O) groups excluding carboxylic acids is 1. The zero-order valence-electron chi connectivity index (χ0n) is 12.8. The van der Waals surface area contributed by atoms with Crippen LogP contribution in [0.4, 0.5) is 0 Å². The van der Waals surface area contributed by atoms with Gasteiger partial charge in [0.15, 0.2) is 0 Å². The van der Waals surface area contributed by atoms with E-state index in [1.807, 2.05) is 11.9 Å². The van der Waals surface area contributed by atoms with Gasteiger partial charge < -0.3 is 10.6 Å². The maximum atomic E-state index is 12.2. The van der Waals surface area contributed by atoms with Gasteiger partial charge in [-0.1, -0.05) is 30.3 Å². The summed E-state index contributed by atoms with van der Waals surface area (Å²) >= 11 is 0. The Morgan fingerprint density at radius 3 is 2.76 bits per heavy atom. The highest BCUT2D eigenvalue weighted by molar-refractivity contribution is 5.88. The van der Waals surface area contributed by atoms with Crippen molar-refractivity contribution in [3.8, 4) is 0 Å². The van der Waals surface area contributed by atoms with Crippen molar-refractivity contribution in [2.45, 2.75) is 31.3 Å². The Bertz CT molecular complexity index is 498. The zero-order chi connectivity index (χ0) is 14.9. The third kappa shape index (κ3) is 3.44. The molecule has 4 nitrogen and oxygen atoms in total. The lowest BCUT2D eigenvalue weighted by atomic mass is 10.1. The van der Waals surface area contributed by atoms with E-state index in [2.05, 4.69) is 35.2 Å². The highest BCUT2D eigenvalue weighted by atomic mass is 16.2. The monoisotopic (exact) mass is 287 g/mol. The van der Waals surface area contributed by atoms with Crippen molar-refractivity contribution in [3.05, 3.63) is 35.9 Å². The number of hydrogen-bond donors (Lipinski definition) is 1. The number of nitrogens with zero attached hydrogens (tertiary/aromatic N) is 2. The molecule has 114 valence electrons. The summed E-state index contributed by atoms with van der Waals surface area (Å²) in [6, 6.07) is 10.6. The maximum absolute atomic E-state index is 12.2. The van der Waals surface area contributed by atoms with E-state index < -0.39 is 5.54 Å². The van der Waals surface area contributed by atoms with E-state index in [-0.39, 0.29) is 5.91 Å². The number of hydrogen-bond acceptors (Lipinski definition) is 3. The molecule has 1 aromatic rings. The number of nitrogens with two attached hydrogens (primary N) is 1. The number of likely N-dealkylation sites (N-methyl/N-ethyl adjacent to an activating group) is 1. The summed E-state index contributed by atoms with van der Waals surface area (Å²) in [6.07, 6.45) is 2.87. The average Bonchev–Trinajstić information content (AvgIpc) is 3.09. The summed E-state index contributed by atoms with van der Waals surface area (Å²) in [5, 5.41) is 0. The molecule has 1 aliphatic heterocycles. The van der Waals surface area contributed by atoms with Crippen molar-refractivity contribution in [1.29, 1.82) is 0 Å². The number of benzene rings is 1. The summed E-state index contributed by atoms with van der Waals surface area (Å²) in [4.78, 5) is 16.5. The van der Waals surface area contributed by atoms with Crippen molar-refractivity contribution in [2.24, 2.45) is 11.7 Å². The molecule has 0 aromatic heterocycles. The first-order valence-electron chi connectivity index (χ1n) is 7.87.